The summed E-state index contributed by atoms with van der Waals surface area (Å²) in [5.41, 5.74) is 2.74. The average Bonchev–Trinajstić information content (AvgIpc) is 2.56. The van der Waals surface area contributed by atoms with E-state index in [-0.39, 0.29) is 0 Å². The molecule has 23 heavy (non-hydrogen) atoms. The van der Waals surface area contributed by atoms with Crippen molar-refractivity contribution in [1.82, 2.24) is 4.98 Å². The molecule has 3 aromatic rings. The molecule has 3 rings (SSSR count). The average molecular weight is 389 g/mol. The number of pyridine rings is 1. The lowest BCUT2D eigenvalue weighted by molar-refractivity contribution is 0.415. The number of anilines is 2. The fourth-order valence-electron chi connectivity index (χ4n) is 2.27. The van der Waals surface area contributed by atoms with Gasteiger partial charge in [-0.05, 0) is 30.3 Å². The summed E-state index contributed by atoms with van der Waals surface area (Å²) in [5.74, 6) is 0.566. The summed E-state index contributed by atoms with van der Waals surface area (Å²) in [6.07, 6.45) is 1.56. The lowest BCUT2D eigenvalue weighted by atomic mass is 10.1. The number of nitrogens with zero attached hydrogens (tertiary/aromatic N) is 2. The van der Waals surface area contributed by atoms with E-state index in [1.54, 1.807) is 25.4 Å². The van der Waals surface area contributed by atoms with Gasteiger partial charge in [0.2, 0.25) is 0 Å². The molecule has 1 heterocycles. The molecule has 0 bridgehead atoms. The molecular weight excluding hydrogens is 378 g/mol. The number of rotatable bonds is 3. The first-order valence-electron chi connectivity index (χ1n) is 6.71. The molecule has 114 valence electrons. The number of nitrogens with one attached hydrogen (secondary N) is 1. The highest BCUT2D eigenvalue weighted by Gasteiger charge is 2.11. The van der Waals surface area contributed by atoms with Gasteiger partial charge in [0.25, 0.3) is 0 Å². The van der Waals surface area contributed by atoms with Crippen LogP contribution in [0, 0.1) is 11.3 Å². The lowest BCUT2D eigenvalue weighted by Crippen LogP contribution is -1.97. The highest BCUT2D eigenvalue weighted by molar-refractivity contribution is 9.10. The number of methoxy groups -OCH3 is 1. The largest absolute Gasteiger partial charge is 0.495 e. The van der Waals surface area contributed by atoms with E-state index >= 15 is 0 Å². The van der Waals surface area contributed by atoms with Crippen LogP contribution in [-0.4, -0.2) is 12.1 Å². The Morgan fingerprint density at radius 3 is 2.83 bits per heavy atom. The van der Waals surface area contributed by atoms with E-state index in [1.165, 1.54) is 0 Å². The fourth-order valence-corrected chi connectivity index (χ4v) is 2.81. The maximum atomic E-state index is 9.37. The van der Waals surface area contributed by atoms with Gasteiger partial charge in [0, 0.05) is 27.8 Å². The minimum Gasteiger partial charge on any atom is -0.495 e. The van der Waals surface area contributed by atoms with Gasteiger partial charge < -0.3 is 10.1 Å². The van der Waals surface area contributed by atoms with Crippen molar-refractivity contribution >= 4 is 49.8 Å². The first-order chi connectivity index (χ1) is 11.1. The van der Waals surface area contributed by atoms with E-state index in [4.69, 9.17) is 16.3 Å². The lowest BCUT2D eigenvalue weighted by Gasteiger charge is -2.13. The first-order valence-corrected chi connectivity index (χ1v) is 7.88. The molecule has 1 N–H and O–H groups in total. The highest BCUT2D eigenvalue weighted by Crippen LogP contribution is 2.33. The molecule has 0 aliphatic heterocycles. The molecule has 0 spiro atoms. The van der Waals surface area contributed by atoms with Gasteiger partial charge in [-0.1, -0.05) is 27.5 Å². The fraction of sp³-hybridized carbons (Fsp3) is 0.0588. The Morgan fingerprint density at radius 2 is 2.09 bits per heavy atom. The molecule has 0 fully saturated rings. The van der Waals surface area contributed by atoms with Crippen molar-refractivity contribution in [2.75, 3.05) is 12.4 Å². The topological polar surface area (TPSA) is 57.9 Å². The summed E-state index contributed by atoms with van der Waals surface area (Å²) >= 11 is 9.48. The number of ether oxygens (including phenoxy) is 1. The van der Waals surface area contributed by atoms with Gasteiger partial charge in [-0.15, -0.1) is 0 Å². The van der Waals surface area contributed by atoms with Crippen molar-refractivity contribution in [1.29, 1.82) is 5.26 Å². The Hall–Kier alpha value is -2.29. The van der Waals surface area contributed by atoms with Gasteiger partial charge in [0.15, 0.2) is 0 Å². The third-order valence-corrected chi connectivity index (χ3v) is 4.18. The normalized spacial score (nSPS) is 10.3. The molecule has 6 heteroatoms. The van der Waals surface area contributed by atoms with Crippen LogP contribution in [0.4, 0.5) is 11.4 Å². The molecule has 0 aliphatic rings. The van der Waals surface area contributed by atoms with E-state index < -0.39 is 0 Å². The Balaban J connectivity index is 2.13. The Labute approximate surface area is 146 Å². The summed E-state index contributed by atoms with van der Waals surface area (Å²) in [6, 6.07) is 13.3. The van der Waals surface area contributed by atoms with Crippen LogP contribution in [0.5, 0.6) is 5.75 Å². The highest BCUT2D eigenvalue weighted by atomic mass is 79.9. The third kappa shape index (κ3) is 3.09. The summed E-state index contributed by atoms with van der Waals surface area (Å²) in [5, 5.41) is 14.0. The monoisotopic (exact) mass is 387 g/mol. The molecule has 0 amide bonds. The van der Waals surface area contributed by atoms with Crippen molar-refractivity contribution < 1.29 is 4.74 Å². The summed E-state index contributed by atoms with van der Waals surface area (Å²) < 4.78 is 6.16. The summed E-state index contributed by atoms with van der Waals surface area (Å²) in [6.45, 7) is 0. The van der Waals surface area contributed by atoms with Gasteiger partial charge in [-0.25, -0.2) is 0 Å². The number of hydrogen-bond acceptors (Lipinski definition) is 4. The first kappa shape index (κ1) is 15.6. The van der Waals surface area contributed by atoms with Gasteiger partial charge in [0.05, 0.1) is 28.9 Å². The van der Waals surface area contributed by atoms with Crippen LogP contribution < -0.4 is 10.1 Å². The maximum Gasteiger partial charge on any atom is 0.139 e. The van der Waals surface area contributed by atoms with Crippen LogP contribution in [0.2, 0.25) is 5.02 Å². The molecule has 4 nitrogen and oxygen atoms in total. The second-order valence-corrected chi connectivity index (χ2v) is 6.12. The molecular formula is C17H11BrClN3O. The number of nitriles is 1. The molecule has 0 unspecified atom stereocenters. The predicted molar refractivity (Wildman–Crippen MR) is 95.4 cm³/mol. The van der Waals surface area contributed by atoms with E-state index in [0.29, 0.717) is 22.0 Å². The van der Waals surface area contributed by atoms with E-state index in [0.717, 1.165) is 21.1 Å². The van der Waals surface area contributed by atoms with E-state index in [1.807, 2.05) is 24.3 Å². The van der Waals surface area contributed by atoms with Crippen molar-refractivity contribution in [3.63, 3.8) is 0 Å². The quantitative estimate of drug-likeness (QED) is 0.663. The van der Waals surface area contributed by atoms with Crippen LogP contribution in [0.15, 0.2) is 47.1 Å². The third-order valence-electron chi connectivity index (χ3n) is 3.37. The van der Waals surface area contributed by atoms with Crippen molar-refractivity contribution in [3.05, 3.63) is 57.7 Å². The summed E-state index contributed by atoms with van der Waals surface area (Å²) in [7, 11) is 1.56. The molecule has 1 aromatic heterocycles. The Morgan fingerprint density at radius 1 is 1.26 bits per heavy atom. The maximum absolute atomic E-state index is 9.37. The Kier molecular flexibility index (Phi) is 4.37. The number of aromatic nitrogens is 1. The smallest absolute Gasteiger partial charge is 0.139 e. The van der Waals surface area contributed by atoms with Crippen molar-refractivity contribution in [2.24, 2.45) is 0 Å². The predicted octanol–water partition coefficient (Wildman–Crippen LogP) is 5.27. The van der Waals surface area contributed by atoms with E-state index in [9.17, 15) is 5.26 Å². The van der Waals surface area contributed by atoms with Crippen LogP contribution >= 0.6 is 27.5 Å². The van der Waals surface area contributed by atoms with Crippen molar-refractivity contribution in [3.8, 4) is 11.8 Å². The van der Waals surface area contributed by atoms with Gasteiger partial charge in [-0.2, -0.15) is 5.26 Å². The van der Waals surface area contributed by atoms with E-state index in [2.05, 4.69) is 32.3 Å². The van der Waals surface area contributed by atoms with Gasteiger partial charge in [0.1, 0.15) is 11.8 Å². The molecule has 0 aliphatic carbocycles. The van der Waals surface area contributed by atoms with Crippen LogP contribution in [0.1, 0.15) is 5.56 Å². The molecule has 0 saturated carbocycles. The summed E-state index contributed by atoms with van der Waals surface area (Å²) in [4.78, 5) is 4.32. The minimum atomic E-state index is 0.466. The zero-order valence-corrected chi connectivity index (χ0v) is 14.4. The SMILES string of the molecule is COc1cc(Nc2c(C#N)cnc3cc(Br)ccc23)ccc1Cl. The van der Waals surface area contributed by atoms with Gasteiger partial charge in [-0.3, -0.25) is 4.98 Å². The van der Waals surface area contributed by atoms with Crippen LogP contribution in [0.3, 0.4) is 0 Å². The zero-order valence-electron chi connectivity index (χ0n) is 12.1. The number of hydrogen-bond donors (Lipinski definition) is 1. The number of benzene rings is 2. The second kappa shape index (κ2) is 6.45. The second-order valence-electron chi connectivity index (χ2n) is 4.79. The number of halogens is 2. The zero-order chi connectivity index (χ0) is 16.4. The van der Waals surface area contributed by atoms with Crippen LogP contribution in [0.25, 0.3) is 10.9 Å². The molecule has 0 saturated heterocycles. The minimum absolute atomic E-state index is 0.466. The Bertz CT molecular complexity index is 937. The van der Waals surface area contributed by atoms with Gasteiger partial charge >= 0.3 is 0 Å². The molecule has 2 aromatic carbocycles. The standard InChI is InChI=1S/C17H11BrClN3O/c1-23-16-7-12(3-5-14(16)19)22-17-10(8-20)9-21-15-6-11(18)2-4-13(15)17/h2-7,9H,1H3,(H,21,22). The van der Waals surface area contributed by atoms with Crippen LogP contribution in [-0.2, 0) is 0 Å². The van der Waals surface area contributed by atoms with Crippen molar-refractivity contribution in [2.45, 2.75) is 0 Å². The molecule has 0 atom stereocenters. The molecule has 0 radical (unpaired) electrons. The number of fused-ring (bicyclic) bond motifs is 1.